The van der Waals surface area contributed by atoms with Gasteiger partial charge in [0.1, 0.15) is 5.75 Å². The van der Waals surface area contributed by atoms with E-state index in [1.165, 1.54) is 12.6 Å². The fraction of sp³-hybridized carbons (Fsp3) is 0.350. The molecule has 152 valence electrons. The van der Waals surface area contributed by atoms with E-state index in [2.05, 4.69) is 33.3 Å². The molecule has 28 heavy (non-hydrogen) atoms. The maximum absolute atomic E-state index is 11.9. The third-order valence-corrected chi connectivity index (χ3v) is 5.70. The SMILES string of the molecule is CN=C(NCCc1cc(C)ccc1OC)NCc1cccc(S(=O)(=O)NC)c1. The molecule has 0 spiro atoms. The maximum atomic E-state index is 11.9. The highest BCUT2D eigenvalue weighted by Gasteiger charge is 2.11. The molecule has 2 rings (SSSR count). The molecule has 0 aliphatic rings. The van der Waals surface area contributed by atoms with Crippen molar-refractivity contribution in [3.63, 3.8) is 0 Å². The van der Waals surface area contributed by atoms with Crippen molar-refractivity contribution < 1.29 is 13.2 Å². The highest BCUT2D eigenvalue weighted by Crippen LogP contribution is 2.19. The lowest BCUT2D eigenvalue weighted by Gasteiger charge is -2.14. The second kappa shape index (κ2) is 10.1. The van der Waals surface area contributed by atoms with Crippen LogP contribution in [0.3, 0.4) is 0 Å². The van der Waals surface area contributed by atoms with Crippen molar-refractivity contribution in [1.82, 2.24) is 15.4 Å². The predicted molar refractivity (Wildman–Crippen MR) is 112 cm³/mol. The van der Waals surface area contributed by atoms with Crippen LogP contribution in [0, 0.1) is 6.92 Å². The zero-order valence-electron chi connectivity index (χ0n) is 16.7. The molecule has 7 nitrogen and oxygen atoms in total. The second-order valence-electron chi connectivity index (χ2n) is 6.27. The highest BCUT2D eigenvalue weighted by atomic mass is 32.2. The molecule has 8 heteroatoms. The number of methoxy groups -OCH3 is 1. The number of hydrogen-bond acceptors (Lipinski definition) is 4. The Labute approximate surface area is 167 Å². The molecule has 3 N–H and O–H groups in total. The van der Waals surface area contributed by atoms with Crippen LogP contribution in [-0.4, -0.2) is 42.1 Å². The number of hydrogen-bond donors (Lipinski definition) is 3. The zero-order chi connectivity index (χ0) is 20.6. The lowest BCUT2D eigenvalue weighted by Crippen LogP contribution is -2.37. The van der Waals surface area contributed by atoms with E-state index in [0.29, 0.717) is 19.0 Å². The minimum absolute atomic E-state index is 0.240. The van der Waals surface area contributed by atoms with E-state index < -0.39 is 10.0 Å². The summed E-state index contributed by atoms with van der Waals surface area (Å²) >= 11 is 0. The number of ether oxygens (including phenoxy) is 1. The molecule has 0 unspecified atom stereocenters. The lowest BCUT2D eigenvalue weighted by molar-refractivity contribution is 0.409. The average Bonchev–Trinajstić information content (AvgIpc) is 2.71. The van der Waals surface area contributed by atoms with Crippen LogP contribution in [0.4, 0.5) is 0 Å². The summed E-state index contributed by atoms with van der Waals surface area (Å²) in [4.78, 5) is 4.45. The van der Waals surface area contributed by atoms with Gasteiger partial charge in [-0.15, -0.1) is 0 Å². The first-order valence-electron chi connectivity index (χ1n) is 9.00. The van der Waals surface area contributed by atoms with Crippen molar-refractivity contribution in [1.29, 1.82) is 0 Å². The van der Waals surface area contributed by atoms with Crippen molar-refractivity contribution in [3.05, 3.63) is 59.2 Å². The zero-order valence-corrected chi connectivity index (χ0v) is 17.6. The standard InChI is InChI=1S/C20H28N4O3S/c1-15-8-9-19(27-4)17(12-15)10-11-23-20(21-2)24-14-16-6-5-7-18(13-16)28(25,26)22-3/h5-9,12-13,22H,10-11,14H2,1-4H3,(H2,21,23,24). The van der Waals surface area contributed by atoms with E-state index in [9.17, 15) is 8.42 Å². The third-order valence-electron chi connectivity index (χ3n) is 4.28. The highest BCUT2D eigenvalue weighted by molar-refractivity contribution is 7.89. The Morgan fingerprint density at radius 3 is 2.61 bits per heavy atom. The Morgan fingerprint density at radius 2 is 1.93 bits per heavy atom. The smallest absolute Gasteiger partial charge is 0.240 e. The molecule has 0 bridgehead atoms. The van der Waals surface area contributed by atoms with Crippen molar-refractivity contribution in [3.8, 4) is 5.75 Å². The molecule has 0 fully saturated rings. The van der Waals surface area contributed by atoms with Crippen LogP contribution in [0.25, 0.3) is 0 Å². The van der Waals surface area contributed by atoms with E-state index >= 15 is 0 Å². The van der Waals surface area contributed by atoms with Gasteiger partial charge in [0, 0.05) is 20.1 Å². The Morgan fingerprint density at radius 1 is 1.14 bits per heavy atom. The summed E-state index contributed by atoms with van der Waals surface area (Å²) in [6.45, 7) is 3.20. The van der Waals surface area contributed by atoms with E-state index in [-0.39, 0.29) is 4.90 Å². The van der Waals surface area contributed by atoms with Crippen LogP contribution >= 0.6 is 0 Å². The Balaban J connectivity index is 1.92. The fourth-order valence-electron chi connectivity index (χ4n) is 2.77. The summed E-state index contributed by atoms with van der Waals surface area (Å²) in [6.07, 6.45) is 0.793. The van der Waals surface area contributed by atoms with Crippen molar-refractivity contribution in [2.45, 2.75) is 24.8 Å². The molecule has 2 aromatic rings. The fourth-order valence-corrected chi connectivity index (χ4v) is 3.57. The summed E-state index contributed by atoms with van der Waals surface area (Å²) < 4.78 is 31.6. The molecule has 0 amide bonds. The summed E-state index contributed by atoms with van der Waals surface area (Å²) in [5.74, 6) is 1.52. The number of aliphatic imine (C=N–C) groups is 1. The third kappa shape index (κ3) is 5.97. The van der Waals surface area contributed by atoms with Gasteiger partial charge in [0.05, 0.1) is 12.0 Å². The summed E-state index contributed by atoms with van der Waals surface area (Å²) in [5.41, 5.74) is 3.17. The summed E-state index contributed by atoms with van der Waals surface area (Å²) in [7, 11) is 1.31. The first kappa shape index (κ1) is 21.7. The lowest BCUT2D eigenvalue weighted by atomic mass is 10.1. The summed E-state index contributed by atoms with van der Waals surface area (Å²) in [5, 5.41) is 6.47. The number of guanidine groups is 1. The molecule has 0 saturated heterocycles. The van der Waals surface area contributed by atoms with Crippen LogP contribution < -0.4 is 20.1 Å². The van der Waals surface area contributed by atoms with Crippen LogP contribution in [0.5, 0.6) is 5.75 Å². The number of nitrogens with zero attached hydrogens (tertiary/aromatic N) is 1. The molecule has 0 atom stereocenters. The number of benzene rings is 2. The Bertz CT molecular complexity index is 927. The van der Waals surface area contributed by atoms with Crippen LogP contribution in [0.15, 0.2) is 52.4 Å². The van der Waals surface area contributed by atoms with E-state index in [4.69, 9.17) is 4.74 Å². The first-order chi connectivity index (χ1) is 13.4. The van der Waals surface area contributed by atoms with Crippen molar-refractivity contribution >= 4 is 16.0 Å². The Hall–Kier alpha value is -2.58. The minimum atomic E-state index is -3.46. The van der Waals surface area contributed by atoms with Crippen molar-refractivity contribution in [2.75, 3.05) is 27.7 Å². The van der Waals surface area contributed by atoms with E-state index in [1.807, 2.05) is 18.2 Å². The van der Waals surface area contributed by atoms with Gasteiger partial charge in [0.25, 0.3) is 0 Å². The normalized spacial score (nSPS) is 11.9. The van der Waals surface area contributed by atoms with Crippen LogP contribution in [-0.2, 0) is 23.0 Å². The molecular weight excluding hydrogens is 376 g/mol. The van der Waals surface area contributed by atoms with Crippen LogP contribution in [0.1, 0.15) is 16.7 Å². The molecule has 0 aliphatic carbocycles. The van der Waals surface area contributed by atoms with Crippen LogP contribution in [0.2, 0.25) is 0 Å². The number of rotatable bonds is 8. The van der Waals surface area contributed by atoms with Gasteiger partial charge in [-0.2, -0.15) is 0 Å². The van der Waals surface area contributed by atoms with Gasteiger partial charge in [-0.1, -0.05) is 29.8 Å². The molecule has 0 radical (unpaired) electrons. The van der Waals surface area contributed by atoms with Gasteiger partial charge in [0.2, 0.25) is 10.0 Å². The minimum Gasteiger partial charge on any atom is -0.496 e. The quantitative estimate of drug-likeness (QED) is 0.461. The van der Waals surface area contributed by atoms with Gasteiger partial charge >= 0.3 is 0 Å². The van der Waals surface area contributed by atoms with Gasteiger partial charge in [0.15, 0.2) is 5.96 Å². The monoisotopic (exact) mass is 404 g/mol. The number of aryl methyl sites for hydroxylation is 1. The largest absolute Gasteiger partial charge is 0.496 e. The number of sulfonamides is 1. The predicted octanol–water partition coefficient (Wildman–Crippen LogP) is 1.82. The second-order valence-corrected chi connectivity index (χ2v) is 8.16. The molecule has 0 aromatic heterocycles. The van der Waals surface area contributed by atoms with Gasteiger partial charge in [-0.3, -0.25) is 4.99 Å². The molecule has 2 aromatic carbocycles. The molecule has 0 saturated carbocycles. The average molecular weight is 405 g/mol. The topological polar surface area (TPSA) is 91.8 Å². The first-order valence-corrected chi connectivity index (χ1v) is 10.5. The van der Waals surface area contributed by atoms with Gasteiger partial charge < -0.3 is 15.4 Å². The van der Waals surface area contributed by atoms with Gasteiger partial charge in [-0.25, -0.2) is 13.1 Å². The number of nitrogens with one attached hydrogen (secondary N) is 3. The molecule has 0 aliphatic heterocycles. The maximum Gasteiger partial charge on any atom is 0.240 e. The van der Waals surface area contributed by atoms with Crippen molar-refractivity contribution in [2.24, 2.45) is 4.99 Å². The summed E-state index contributed by atoms with van der Waals surface area (Å²) in [6, 6.07) is 12.9. The molecular formula is C20H28N4O3S. The van der Waals surface area contributed by atoms with E-state index in [0.717, 1.165) is 23.3 Å². The Kier molecular flexibility index (Phi) is 7.83. The van der Waals surface area contributed by atoms with E-state index in [1.54, 1.807) is 32.4 Å². The van der Waals surface area contributed by atoms with Gasteiger partial charge in [-0.05, 0) is 49.7 Å². The molecule has 0 heterocycles.